The van der Waals surface area contributed by atoms with Crippen molar-refractivity contribution in [2.45, 2.75) is 89.9 Å². The zero-order valence-corrected chi connectivity index (χ0v) is 21.1. The second-order valence-electron chi connectivity index (χ2n) is 8.16. The first kappa shape index (κ1) is 39.8. The Kier molecular flexibility index (Phi) is 29.9. The Labute approximate surface area is 207 Å². The first-order valence-corrected chi connectivity index (χ1v) is 11.4. The smallest absolute Gasteiger partial charge is 0.320 e. The van der Waals surface area contributed by atoms with Crippen LogP contribution >= 0.6 is 0 Å². The summed E-state index contributed by atoms with van der Waals surface area (Å²) in [5.74, 6) is -3.39. The molecular weight excluding hydrogens is 464 g/mol. The van der Waals surface area contributed by atoms with Gasteiger partial charge in [-0.1, -0.05) is 26.7 Å². The van der Waals surface area contributed by atoms with Crippen LogP contribution in [0.5, 0.6) is 0 Å². The van der Waals surface area contributed by atoms with Crippen molar-refractivity contribution < 1.29 is 39.6 Å². The summed E-state index contributed by atoms with van der Waals surface area (Å²) in [6, 6.07) is -2.85. The molecule has 0 saturated carbocycles. The monoisotopic (exact) mass is 512 g/mol. The van der Waals surface area contributed by atoms with Gasteiger partial charge < -0.3 is 54.8 Å². The molecule has 0 rings (SSSR count). The van der Waals surface area contributed by atoms with Gasteiger partial charge in [-0.3, -0.25) is 19.2 Å². The van der Waals surface area contributed by atoms with Crippen molar-refractivity contribution in [3.8, 4) is 0 Å². The second kappa shape index (κ2) is 26.2. The topological polar surface area (TPSA) is 305 Å². The van der Waals surface area contributed by atoms with E-state index in [2.05, 4.69) is 0 Å². The SMILES string of the molecule is CC(C)C[C@H](N)C(=O)O.C[C@H](N)C(=O)O.NCCCC[C@H](N)C(=O)O.NCCCC[C@H](N)C(=O)O. The van der Waals surface area contributed by atoms with Crippen molar-refractivity contribution in [3.05, 3.63) is 0 Å². The summed E-state index contributed by atoms with van der Waals surface area (Å²) < 4.78 is 0. The molecule has 0 radical (unpaired) electrons. The molecule has 14 nitrogen and oxygen atoms in total. The van der Waals surface area contributed by atoms with Crippen LogP contribution in [0.15, 0.2) is 0 Å². The molecule has 0 amide bonds. The zero-order chi connectivity index (χ0) is 28.6. The van der Waals surface area contributed by atoms with Crippen molar-refractivity contribution in [1.29, 1.82) is 0 Å². The van der Waals surface area contributed by atoms with Gasteiger partial charge in [0.2, 0.25) is 0 Å². The van der Waals surface area contributed by atoms with Gasteiger partial charge in [0.15, 0.2) is 0 Å². The van der Waals surface area contributed by atoms with E-state index in [9.17, 15) is 19.2 Å². The third-order valence-electron chi connectivity index (χ3n) is 4.00. The van der Waals surface area contributed by atoms with Crippen LogP contribution in [-0.2, 0) is 19.2 Å². The second-order valence-corrected chi connectivity index (χ2v) is 8.16. The fourth-order valence-electron chi connectivity index (χ4n) is 1.87. The summed E-state index contributed by atoms with van der Waals surface area (Å²) in [6.07, 6.45) is 4.88. The van der Waals surface area contributed by atoms with E-state index in [1.54, 1.807) is 0 Å². The van der Waals surface area contributed by atoms with E-state index in [4.69, 9.17) is 54.8 Å². The van der Waals surface area contributed by atoms with Crippen LogP contribution in [0, 0.1) is 5.92 Å². The molecule has 35 heavy (non-hydrogen) atoms. The van der Waals surface area contributed by atoms with Crippen molar-refractivity contribution in [1.82, 2.24) is 0 Å². The molecule has 0 aromatic heterocycles. The summed E-state index contributed by atoms with van der Waals surface area (Å²) in [6.45, 7) is 6.52. The summed E-state index contributed by atoms with van der Waals surface area (Å²) in [4.78, 5) is 40.0. The predicted octanol–water partition coefficient (Wildman–Crippen LogP) is -1.08. The lowest BCUT2D eigenvalue weighted by Gasteiger charge is -2.07. The van der Waals surface area contributed by atoms with Gasteiger partial charge in [0.05, 0.1) is 0 Å². The normalized spacial score (nSPS) is 13.3. The van der Waals surface area contributed by atoms with Gasteiger partial charge in [-0.2, -0.15) is 0 Å². The number of aliphatic carboxylic acids is 4. The molecule has 0 spiro atoms. The fourth-order valence-corrected chi connectivity index (χ4v) is 1.87. The lowest BCUT2D eigenvalue weighted by molar-refractivity contribution is -0.139. The molecule has 0 aromatic rings. The third-order valence-corrected chi connectivity index (χ3v) is 4.00. The van der Waals surface area contributed by atoms with Crippen molar-refractivity contribution in [2.24, 2.45) is 40.3 Å². The van der Waals surface area contributed by atoms with E-state index in [0.29, 0.717) is 38.3 Å². The molecule has 0 heterocycles. The minimum atomic E-state index is -0.963. The molecule has 0 unspecified atom stereocenters. The van der Waals surface area contributed by atoms with Gasteiger partial charge in [-0.15, -0.1) is 0 Å². The molecule has 0 saturated heterocycles. The number of carboxylic acids is 4. The largest absolute Gasteiger partial charge is 0.480 e. The molecule has 4 atom stereocenters. The maximum Gasteiger partial charge on any atom is 0.320 e. The number of carbonyl (C=O) groups is 4. The van der Waals surface area contributed by atoms with Gasteiger partial charge in [0, 0.05) is 0 Å². The van der Waals surface area contributed by atoms with Gasteiger partial charge in [-0.25, -0.2) is 0 Å². The standard InChI is InChI=1S/2C6H14N2O2.C6H13NO2.C3H7NO2/c2*7-4-2-1-3-5(8)6(9)10;1-4(2)3-5(7)6(8)9;1-2(4)3(5)6/h2*5H,1-4,7-8H2,(H,9,10);4-5H,3,7H2,1-2H3,(H,8,9);2H,4H2,1H3,(H,5,6)/t3*5-;2-/m0000/s1. The van der Waals surface area contributed by atoms with Crippen LogP contribution in [0.25, 0.3) is 0 Å². The summed E-state index contributed by atoms with van der Waals surface area (Å²) in [7, 11) is 0. The Morgan fingerprint density at radius 1 is 0.571 bits per heavy atom. The van der Waals surface area contributed by atoms with Crippen molar-refractivity contribution >= 4 is 23.9 Å². The maximum absolute atomic E-state index is 10.1. The van der Waals surface area contributed by atoms with E-state index in [1.807, 2.05) is 13.8 Å². The lowest BCUT2D eigenvalue weighted by Crippen LogP contribution is -2.31. The highest BCUT2D eigenvalue weighted by Gasteiger charge is 2.12. The molecular formula is C21H48N6O8. The Morgan fingerprint density at radius 2 is 0.857 bits per heavy atom. The number of rotatable bonds is 14. The Morgan fingerprint density at radius 3 is 1.00 bits per heavy atom. The fraction of sp³-hybridized carbons (Fsp3) is 0.810. The molecule has 16 N–H and O–H groups in total. The minimum Gasteiger partial charge on any atom is -0.480 e. The van der Waals surface area contributed by atoms with Gasteiger partial charge >= 0.3 is 23.9 Å². The third kappa shape index (κ3) is 36.4. The first-order chi connectivity index (χ1) is 16.0. The quantitative estimate of drug-likeness (QED) is 0.124. The van der Waals surface area contributed by atoms with E-state index in [-0.39, 0.29) is 0 Å². The number of hydrogen-bond acceptors (Lipinski definition) is 10. The van der Waals surface area contributed by atoms with Crippen molar-refractivity contribution in [3.63, 3.8) is 0 Å². The maximum atomic E-state index is 10.1. The highest BCUT2D eigenvalue weighted by atomic mass is 16.4. The van der Waals surface area contributed by atoms with Crippen LogP contribution in [0.4, 0.5) is 0 Å². The lowest BCUT2D eigenvalue weighted by atomic mass is 10.1. The molecule has 0 bridgehead atoms. The van der Waals surface area contributed by atoms with Crippen LogP contribution < -0.4 is 34.4 Å². The molecule has 14 heteroatoms. The number of unbranched alkanes of at least 4 members (excludes halogenated alkanes) is 2. The Balaban J connectivity index is -0.000000186. The first-order valence-electron chi connectivity index (χ1n) is 11.4. The summed E-state index contributed by atoms with van der Waals surface area (Å²) >= 11 is 0. The molecule has 0 aromatic carbocycles. The van der Waals surface area contributed by atoms with E-state index in [1.165, 1.54) is 6.92 Å². The van der Waals surface area contributed by atoms with Crippen LogP contribution in [-0.4, -0.2) is 81.6 Å². The van der Waals surface area contributed by atoms with Gasteiger partial charge in [0.25, 0.3) is 0 Å². The predicted molar refractivity (Wildman–Crippen MR) is 133 cm³/mol. The Bertz CT molecular complexity index is 538. The van der Waals surface area contributed by atoms with E-state index >= 15 is 0 Å². The number of carboxylic acid groups (broad SMARTS) is 4. The van der Waals surface area contributed by atoms with Crippen molar-refractivity contribution in [2.75, 3.05) is 13.1 Å². The minimum absolute atomic E-state index is 0.357. The number of nitrogens with two attached hydrogens (primary N) is 6. The molecule has 0 aliphatic rings. The summed E-state index contributed by atoms with van der Waals surface area (Å²) in [5.41, 5.74) is 30.9. The molecule has 210 valence electrons. The molecule has 0 fully saturated rings. The van der Waals surface area contributed by atoms with Crippen LogP contribution in [0.3, 0.4) is 0 Å². The van der Waals surface area contributed by atoms with Gasteiger partial charge in [0.1, 0.15) is 24.2 Å². The Hall–Kier alpha value is -2.36. The zero-order valence-electron chi connectivity index (χ0n) is 21.1. The van der Waals surface area contributed by atoms with E-state index < -0.39 is 48.0 Å². The highest BCUT2D eigenvalue weighted by molar-refractivity contribution is 5.73. The van der Waals surface area contributed by atoms with Crippen LogP contribution in [0.1, 0.15) is 65.7 Å². The highest BCUT2D eigenvalue weighted by Crippen LogP contribution is 2.01. The summed E-state index contributed by atoms with van der Waals surface area (Å²) in [5, 5.41) is 32.8. The molecule has 0 aliphatic heterocycles. The van der Waals surface area contributed by atoms with E-state index in [0.717, 1.165) is 25.7 Å². The average molecular weight is 513 g/mol. The van der Waals surface area contributed by atoms with Crippen LogP contribution in [0.2, 0.25) is 0 Å². The molecule has 0 aliphatic carbocycles. The average Bonchev–Trinajstić information content (AvgIpc) is 2.74. The number of hydrogen-bond donors (Lipinski definition) is 10. The van der Waals surface area contributed by atoms with Gasteiger partial charge in [-0.05, 0) is 58.0 Å².